The van der Waals surface area contributed by atoms with Crippen LogP contribution in [-0.4, -0.2) is 33.8 Å². The molecule has 2 rings (SSSR count). The maximum atomic E-state index is 12.3. The number of hydrogen-bond acceptors (Lipinski definition) is 7. The van der Waals surface area contributed by atoms with Crippen LogP contribution in [0, 0.1) is 6.92 Å². The van der Waals surface area contributed by atoms with Gasteiger partial charge >= 0.3 is 5.97 Å². The maximum absolute atomic E-state index is 12.3. The number of esters is 1. The van der Waals surface area contributed by atoms with Gasteiger partial charge in [-0.15, -0.1) is 22.7 Å². The lowest BCUT2D eigenvalue weighted by Crippen LogP contribution is -2.32. The van der Waals surface area contributed by atoms with Crippen molar-refractivity contribution >= 4 is 34.9 Å². The van der Waals surface area contributed by atoms with Crippen LogP contribution in [0.15, 0.2) is 22.8 Å². The number of aromatic nitrogens is 2. The SMILES string of the molecule is Cc1cnc(C=NC(Cc2nccs2)C(=O)OC(C)(C)C)s1. The quantitative estimate of drug-likeness (QED) is 0.620. The van der Waals surface area contributed by atoms with Crippen LogP contribution in [0.25, 0.3) is 0 Å². The zero-order valence-corrected chi connectivity index (χ0v) is 14.7. The van der Waals surface area contributed by atoms with Crippen LogP contribution >= 0.6 is 22.7 Å². The molecule has 0 bridgehead atoms. The molecule has 0 radical (unpaired) electrons. The van der Waals surface area contributed by atoms with Crippen molar-refractivity contribution in [2.75, 3.05) is 0 Å². The molecule has 1 atom stereocenters. The number of rotatable bonds is 5. The number of carbonyl (C=O) groups is 1. The van der Waals surface area contributed by atoms with Gasteiger partial charge in [0.15, 0.2) is 6.04 Å². The van der Waals surface area contributed by atoms with Crippen molar-refractivity contribution in [3.63, 3.8) is 0 Å². The average Bonchev–Trinajstić information content (AvgIpc) is 3.03. The molecule has 0 N–H and O–H groups in total. The van der Waals surface area contributed by atoms with E-state index in [1.54, 1.807) is 18.6 Å². The average molecular weight is 337 g/mol. The molecule has 7 heteroatoms. The van der Waals surface area contributed by atoms with Gasteiger partial charge in [0, 0.05) is 29.1 Å². The fraction of sp³-hybridized carbons (Fsp3) is 0.467. The van der Waals surface area contributed by atoms with Crippen LogP contribution < -0.4 is 0 Å². The topological polar surface area (TPSA) is 64.4 Å². The summed E-state index contributed by atoms with van der Waals surface area (Å²) >= 11 is 3.04. The maximum Gasteiger partial charge on any atom is 0.331 e. The summed E-state index contributed by atoms with van der Waals surface area (Å²) in [6.45, 7) is 7.52. The Morgan fingerprint density at radius 3 is 2.77 bits per heavy atom. The molecule has 0 spiro atoms. The van der Waals surface area contributed by atoms with Crippen LogP contribution in [-0.2, 0) is 16.0 Å². The number of aryl methyl sites for hydroxylation is 1. The van der Waals surface area contributed by atoms with Crippen molar-refractivity contribution in [3.8, 4) is 0 Å². The largest absolute Gasteiger partial charge is 0.458 e. The zero-order valence-electron chi connectivity index (χ0n) is 13.1. The monoisotopic (exact) mass is 337 g/mol. The number of carbonyl (C=O) groups excluding carboxylic acids is 1. The molecule has 1 unspecified atom stereocenters. The molecule has 0 aliphatic heterocycles. The van der Waals surface area contributed by atoms with E-state index in [1.807, 2.05) is 33.1 Å². The van der Waals surface area contributed by atoms with Crippen molar-refractivity contribution in [2.45, 2.75) is 45.8 Å². The van der Waals surface area contributed by atoms with Crippen molar-refractivity contribution in [2.24, 2.45) is 4.99 Å². The highest BCUT2D eigenvalue weighted by Crippen LogP contribution is 2.15. The van der Waals surface area contributed by atoms with Crippen LogP contribution in [0.1, 0.15) is 35.7 Å². The Morgan fingerprint density at radius 2 is 2.23 bits per heavy atom. The molecule has 0 aliphatic carbocycles. The third-order valence-electron chi connectivity index (χ3n) is 2.53. The minimum absolute atomic E-state index is 0.341. The first-order valence-electron chi connectivity index (χ1n) is 6.90. The summed E-state index contributed by atoms with van der Waals surface area (Å²) in [5.41, 5.74) is -0.536. The number of ether oxygens (including phenoxy) is 1. The van der Waals surface area contributed by atoms with E-state index in [4.69, 9.17) is 4.74 Å². The second-order valence-electron chi connectivity index (χ2n) is 5.77. The lowest BCUT2D eigenvalue weighted by molar-refractivity contribution is -0.156. The molecule has 0 saturated heterocycles. The summed E-state index contributed by atoms with van der Waals surface area (Å²) in [5.74, 6) is -0.341. The standard InChI is InChI=1S/C15H19N3O2S2/c1-10-8-18-13(22-10)9-17-11(7-12-16-5-6-21-12)14(19)20-15(2,3)4/h5-6,8-9,11H,7H2,1-4H3. The van der Waals surface area contributed by atoms with Gasteiger partial charge in [-0.05, 0) is 27.7 Å². The Kier molecular flexibility index (Phi) is 5.42. The molecule has 2 heterocycles. The molecular formula is C15H19N3O2S2. The van der Waals surface area contributed by atoms with Crippen LogP contribution in [0.3, 0.4) is 0 Å². The number of hydrogen-bond donors (Lipinski definition) is 0. The Morgan fingerprint density at radius 1 is 1.45 bits per heavy atom. The Bertz CT molecular complexity index is 642. The first-order valence-corrected chi connectivity index (χ1v) is 8.60. The van der Waals surface area contributed by atoms with E-state index < -0.39 is 11.6 Å². The minimum atomic E-state index is -0.602. The highest BCUT2D eigenvalue weighted by Gasteiger charge is 2.25. The molecule has 0 fully saturated rings. The summed E-state index contributed by atoms with van der Waals surface area (Å²) in [7, 11) is 0. The van der Waals surface area contributed by atoms with Crippen LogP contribution in [0.4, 0.5) is 0 Å². The van der Waals surface area contributed by atoms with E-state index in [-0.39, 0.29) is 5.97 Å². The van der Waals surface area contributed by atoms with Gasteiger partial charge in [-0.2, -0.15) is 0 Å². The highest BCUT2D eigenvalue weighted by atomic mass is 32.1. The molecule has 5 nitrogen and oxygen atoms in total. The van der Waals surface area contributed by atoms with Gasteiger partial charge in [0.2, 0.25) is 0 Å². The Labute approximate surface area is 138 Å². The smallest absolute Gasteiger partial charge is 0.331 e. The van der Waals surface area contributed by atoms with Gasteiger partial charge in [-0.1, -0.05) is 0 Å². The molecule has 0 amide bonds. The van der Waals surface area contributed by atoms with Crippen LogP contribution in [0.5, 0.6) is 0 Å². The lowest BCUT2D eigenvalue weighted by atomic mass is 10.1. The summed E-state index contributed by atoms with van der Waals surface area (Å²) in [6, 6.07) is -0.602. The highest BCUT2D eigenvalue weighted by molar-refractivity contribution is 7.13. The summed E-state index contributed by atoms with van der Waals surface area (Å²) in [5, 5.41) is 3.53. The molecule has 2 aromatic heterocycles. The number of nitrogens with zero attached hydrogens (tertiary/aromatic N) is 3. The van der Waals surface area contributed by atoms with E-state index in [9.17, 15) is 4.79 Å². The summed E-state index contributed by atoms with van der Waals surface area (Å²) in [6.07, 6.45) is 5.59. The van der Waals surface area contributed by atoms with Gasteiger partial charge in [-0.3, -0.25) is 4.99 Å². The van der Waals surface area contributed by atoms with Gasteiger partial charge in [0.25, 0.3) is 0 Å². The molecule has 118 valence electrons. The van der Waals surface area contributed by atoms with E-state index in [0.717, 1.165) is 14.9 Å². The molecular weight excluding hydrogens is 318 g/mol. The van der Waals surface area contributed by atoms with Gasteiger partial charge in [0.1, 0.15) is 10.6 Å². The van der Waals surface area contributed by atoms with E-state index in [1.165, 1.54) is 22.7 Å². The molecule has 2 aromatic rings. The zero-order chi connectivity index (χ0) is 16.2. The Hall–Kier alpha value is -1.60. The summed E-state index contributed by atoms with van der Waals surface area (Å²) in [4.78, 5) is 26.3. The van der Waals surface area contributed by atoms with E-state index in [0.29, 0.717) is 6.42 Å². The molecule has 0 aliphatic rings. The summed E-state index contributed by atoms with van der Waals surface area (Å²) < 4.78 is 5.45. The van der Waals surface area contributed by atoms with Crippen molar-refractivity contribution < 1.29 is 9.53 Å². The minimum Gasteiger partial charge on any atom is -0.458 e. The van der Waals surface area contributed by atoms with Gasteiger partial charge < -0.3 is 4.74 Å². The van der Waals surface area contributed by atoms with E-state index >= 15 is 0 Å². The Balaban J connectivity index is 2.13. The fourth-order valence-electron chi connectivity index (χ4n) is 1.67. The number of aliphatic imine (C=N–C) groups is 1. The van der Waals surface area contributed by atoms with Gasteiger partial charge in [0.05, 0.1) is 11.2 Å². The van der Waals surface area contributed by atoms with Crippen LogP contribution in [0.2, 0.25) is 0 Å². The predicted molar refractivity (Wildman–Crippen MR) is 89.9 cm³/mol. The third-order valence-corrected chi connectivity index (χ3v) is 4.18. The molecule has 0 aromatic carbocycles. The second kappa shape index (κ2) is 7.11. The number of thiazole rings is 2. The first kappa shape index (κ1) is 16.8. The molecule has 22 heavy (non-hydrogen) atoms. The lowest BCUT2D eigenvalue weighted by Gasteiger charge is -2.21. The molecule has 0 saturated carbocycles. The van der Waals surface area contributed by atoms with Gasteiger partial charge in [-0.25, -0.2) is 14.8 Å². The predicted octanol–water partition coefficient (Wildman–Crippen LogP) is 3.28. The van der Waals surface area contributed by atoms with Crippen molar-refractivity contribution in [1.82, 2.24) is 9.97 Å². The van der Waals surface area contributed by atoms with Crippen molar-refractivity contribution in [1.29, 1.82) is 0 Å². The third kappa shape index (κ3) is 5.31. The van der Waals surface area contributed by atoms with E-state index in [2.05, 4.69) is 15.0 Å². The first-order chi connectivity index (χ1) is 10.3. The normalized spacial score (nSPS) is 13.5. The van der Waals surface area contributed by atoms with Crippen molar-refractivity contribution in [3.05, 3.63) is 32.7 Å². The fourth-order valence-corrected chi connectivity index (χ4v) is 2.98. The second-order valence-corrected chi connectivity index (χ2v) is 8.01.